The second kappa shape index (κ2) is 10.4. The Hall–Kier alpha value is -3.33. The van der Waals surface area contributed by atoms with Gasteiger partial charge >= 0.3 is 6.03 Å². The Kier molecular flexibility index (Phi) is 7.45. The molecule has 156 valence electrons. The van der Waals surface area contributed by atoms with Crippen LogP contribution in [0.3, 0.4) is 0 Å². The summed E-state index contributed by atoms with van der Waals surface area (Å²) in [5.41, 5.74) is 1.82. The van der Waals surface area contributed by atoms with Crippen LogP contribution >= 0.6 is 11.8 Å². The molecule has 3 aromatic rings. The minimum atomic E-state index is -0.513. The van der Waals surface area contributed by atoms with Crippen LogP contribution in [0.4, 0.5) is 4.79 Å². The minimum Gasteiger partial charge on any atom is -0.469 e. The van der Waals surface area contributed by atoms with Crippen molar-refractivity contribution >= 4 is 23.7 Å². The van der Waals surface area contributed by atoms with Gasteiger partial charge in [0.1, 0.15) is 5.76 Å². The van der Waals surface area contributed by atoms with Gasteiger partial charge in [0.2, 0.25) is 5.91 Å². The third kappa shape index (κ3) is 5.60. The number of carbonyl (C=O) groups is 2. The maximum absolute atomic E-state index is 12.0. The number of nitrogens with zero attached hydrogens (tertiary/aromatic N) is 3. The molecule has 2 N–H and O–H groups in total. The molecule has 8 nitrogen and oxygen atoms in total. The first-order valence-corrected chi connectivity index (χ1v) is 10.4. The normalized spacial score (nSPS) is 10.6. The average Bonchev–Trinajstić information content (AvgIpc) is 3.33. The van der Waals surface area contributed by atoms with Gasteiger partial charge in [-0.25, -0.2) is 4.79 Å². The van der Waals surface area contributed by atoms with Crippen LogP contribution in [0.5, 0.6) is 0 Å². The van der Waals surface area contributed by atoms with Crippen molar-refractivity contribution in [2.24, 2.45) is 0 Å². The van der Waals surface area contributed by atoms with Crippen LogP contribution in [0.1, 0.15) is 17.7 Å². The largest absolute Gasteiger partial charge is 0.469 e. The van der Waals surface area contributed by atoms with Crippen LogP contribution in [0, 0.1) is 6.92 Å². The third-order valence-electron chi connectivity index (χ3n) is 4.24. The Labute approximate surface area is 178 Å². The molecule has 0 aliphatic carbocycles. The van der Waals surface area contributed by atoms with Gasteiger partial charge in [0.25, 0.3) is 0 Å². The van der Waals surface area contributed by atoms with Crippen molar-refractivity contribution in [2.75, 3.05) is 5.75 Å². The van der Waals surface area contributed by atoms with Gasteiger partial charge in [-0.2, -0.15) is 0 Å². The maximum atomic E-state index is 12.0. The van der Waals surface area contributed by atoms with E-state index in [1.54, 1.807) is 12.3 Å². The van der Waals surface area contributed by atoms with E-state index in [4.69, 9.17) is 4.42 Å². The van der Waals surface area contributed by atoms with Crippen LogP contribution in [0.25, 0.3) is 11.4 Å². The summed E-state index contributed by atoms with van der Waals surface area (Å²) in [7, 11) is 0. The monoisotopic (exact) mass is 425 g/mol. The number of furan rings is 1. The van der Waals surface area contributed by atoms with E-state index in [2.05, 4.69) is 27.4 Å². The third-order valence-corrected chi connectivity index (χ3v) is 5.21. The number of aryl methyl sites for hydroxylation is 1. The van der Waals surface area contributed by atoms with E-state index in [1.165, 1.54) is 11.8 Å². The molecule has 0 fully saturated rings. The Balaban J connectivity index is 1.49. The summed E-state index contributed by atoms with van der Waals surface area (Å²) >= 11 is 1.40. The predicted octanol–water partition coefficient (Wildman–Crippen LogP) is 3.54. The van der Waals surface area contributed by atoms with E-state index < -0.39 is 6.03 Å². The molecule has 0 saturated heterocycles. The van der Waals surface area contributed by atoms with Crippen molar-refractivity contribution in [3.05, 3.63) is 66.6 Å². The molecule has 3 rings (SSSR count). The number of hydrogen-bond donors (Lipinski definition) is 2. The fourth-order valence-corrected chi connectivity index (χ4v) is 3.64. The molecule has 2 heterocycles. The zero-order valence-corrected chi connectivity index (χ0v) is 17.4. The van der Waals surface area contributed by atoms with Crippen LogP contribution in [0.2, 0.25) is 0 Å². The number of aromatic nitrogens is 3. The number of imide groups is 1. The van der Waals surface area contributed by atoms with Crippen LogP contribution in [-0.2, 0) is 17.9 Å². The summed E-state index contributed by atoms with van der Waals surface area (Å²) in [5.74, 6) is 1.55. The molecule has 0 bridgehead atoms. The van der Waals surface area contributed by atoms with Gasteiger partial charge in [0.15, 0.2) is 11.0 Å². The molecule has 0 aliphatic rings. The highest BCUT2D eigenvalue weighted by molar-refractivity contribution is 7.99. The van der Waals surface area contributed by atoms with E-state index in [9.17, 15) is 9.59 Å². The second-order valence-corrected chi connectivity index (χ2v) is 7.47. The number of benzene rings is 1. The van der Waals surface area contributed by atoms with Crippen molar-refractivity contribution in [2.45, 2.75) is 31.6 Å². The van der Waals surface area contributed by atoms with Gasteiger partial charge in [-0.1, -0.05) is 48.2 Å². The van der Waals surface area contributed by atoms with Crippen molar-refractivity contribution in [3.8, 4) is 11.4 Å². The number of urea groups is 1. The van der Waals surface area contributed by atoms with Gasteiger partial charge in [-0.05, 0) is 18.6 Å². The summed E-state index contributed by atoms with van der Waals surface area (Å²) < 4.78 is 7.27. The van der Waals surface area contributed by atoms with E-state index >= 15 is 0 Å². The predicted molar refractivity (Wildman–Crippen MR) is 115 cm³/mol. The zero-order chi connectivity index (χ0) is 21.3. The first-order chi connectivity index (χ1) is 14.6. The Bertz CT molecular complexity index is 1010. The minimum absolute atomic E-state index is 0.171. The van der Waals surface area contributed by atoms with E-state index in [-0.39, 0.29) is 12.3 Å². The van der Waals surface area contributed by atoms with Gasteiger partial charge in [-0.3, -0.25) is 14.7 Å². The molecular formula is C21H23N5O3S. The SMILES string of the molecule is C=CCn1c(SCCC(=O)NC(=O)NCc2ccccc2)nnc1-c1ccoc1C. The first kappa shape index (κ1) is 21.4. The zero-order valence-electron chi connectivity index (χ0n) is 16.6. The summed E-state index contributed by atoms with van der Waals surface area (Å²) in [6.07, 6.45) is 3.54. The number of rotatable bonds is 9. The topological polar surface area (TPSA) is 102 Å². The number of hydrogen-bond acceptors (Lipinski definition) is 6. The molecule has 9 heteroatoms. The van der Waals surface area contributed by atoms with Crippen molar-refractivity contribution in [1.29, 1.82) is 0 Å². The highest BCUT2D eigenvalue weighted by Gasteiger charge is 2.17. The van der Waals surface area contributed by atoms with Crippen LogP contribution < -0.4 is 10.6 Å². The average molecular weight is 426 g/mol. The van der Waals surface area contributed by atoms with Gasteiger partial charge < -0.3 is 9.73 Å². The van der Waals surface area contributed by atoms with E-state index in [0.29, 0.717) is 29.8 Å². The molecule has 0 unspecified atom stereocenters. The molecular weight excluding hydrogens is 402 g/mol. The number of carbonyl (C=O) groups excluding carboxylic acids is 2. The Morgan fingerprint density at radius 1 is 1.23 bits per heavy atom. The summed E-state index contributed by atoms with van der Waals surface area (Å²) in [6.45, 7) is 6.54. The fourth-order valence-electron chi connectivity index (χ4n) is 2.75. The molecule has 2 aromatic heterocycles. The maximum Gasteiger partial charge on any atom is 0.321 e. The molecule has 1 aromatic carbocycles. The molecule has 30 heavy (non-hydrogen) atoms. The van der Waals surface area contributed by atoms with E-state index in [0.717, 1.165) is 16.9 Å². The highest BCUT2D eigenvalue weighted by Crippen LogP contribution is 2.27. The Morgan fingerprint density at radius 2 is 2.03 bits per heavy atom. The lowest BCUT2D eigenvalue weighted by atomic mass is 10.2. The van der Waals surface area contributed by atoms with Gasteiger partial charge in [0.05, 0.1) is 11.8 Å². The number of allylic oxidation sites excluding steroid dienone is 1. The lowest BCUT2D eigenvalue weighted by Crippen LogP contribution is -2.39. The van der Waals surface area contributed by atoms with E-state index in [1.807, 2.05) is 47.9 Å². The number of nitrogens with one attached hydrogen (secondary N) is 2. The van der Waals surface area contributed by atoms with Gasteiger partial charge in [0, 0.05) is 25.3 Å². The molecule has 0 radical (unpaired) electrons. The number of amides is 3. The molecule has 0 saturated carbocycles. The van der Waals surface area contributed by atoms with Crippen LogP contribution in [0.15, 0.2) is 64.9 Å². The van der Waals surface area contributed by atoms with Crippen LogP contribution in [-0.4, -0.2) is 32.5 Å². The van der Waals surface area contributed by atoms with Crippen molar-refractivity contribution in [1.82, 2.24) is 25.4 Å². The molecule has 0 atom stereocenters. The van der Waals surface area contributed by atoms with Crippen molar-refractivity contribution in [3.63, 3.8) is 0 Å². The quantitative estimate of drug-likeness (QED) is 0.402. The molecule has 0 spiro atoms. The standard InChI is InChI=1S/C21H23N5O3S/c1-3-11-26-19(17-9-12-29-15(17)2)24-25-21(26)30-13-10-18(27)23-20(28)22-14-16-7-5-4-6-8-16/h3-9,12H,1,10-11,13-14H2,2H3,(H2,22,23,27,28). The highest BCUT2D eigenvalue weighted by atomic mass is 32.2. The first-order valence-electron chi connectivity index (χ1n) is 9.41. The molecule has 3 amide bonds. The molecule has 0 aliphatic heterocycles. The fraction of sp³-hybridized carbons (Fsp3) is 0.238. The summed E-state index contributed by atoms with van der Waals surface area (Å²) in [4.78, 5) is 23.9. The summed E-state index contributed by atoms with van der Waals surface area (Å²) in [5, 5.41) is 14.2. The lowest BCUT2D eigenvalue weighted by molar-refractivity contribution is -0.119. The van der Waals surface area contributed by atoms with Crippen molar-refractivity contribution < 1.29 is 14.0 Å². The lowest BCUT2D eigenvalue weighted by Gasteiger charge is -2.08. The van der Waals surface area contributed by atoms with Gasteiger partial charge in [-0.15, -0.1) is 16.8 Å². The second-order valence-electron chi connectivity index (χ2n) is 6.41. The summed E-state index contributed by atoms with van der Waals surface area (Å²) in [6, 6.07) is 10.8. The Morgan fingerprint density at radius 3 is 2.73 bits per heavy atom. The number of thioether (sulfide) groups is 1. The smallest absolute Gasteiger partial charge is 0.321 e.